The predicted molar refractivity (Wildman–Crippen MR) is 100.0 cm³/mol. The second kappa shape index (κ2) is 7.94. The summed E-state index contributed by atoms with van der Waals surface area (Å²) in [6, 6.07) is 10.5. The molecule has 132 valence electrons. The molecule has 8 nitrogen and oxygen atoms in total. The van der Waals surface area contributed by atoms with Crippen molar-refractivity contribution in [3.05, 3.63) is 74.8 Å². The van der Waals surface area contributed by atoms with Gasteiger partial charge in [0.2, 0.25) is 11.6 Å². The van der Waals surface area contributed by atoms with Gasteiger partial charge < -0.3 is 10.6 Å². The first-order valence-electron chi connectivity index (χ1n) is 7.40. The minimum Gasteiger partial charge on any atom is -0.360 e. The van der Waals surface area contributed by atoms with Crippen molar-refractivity contribution < 1.29 is 4.92 Å². The molecule has 0 saturated carbocycles. The zero-order valence-electron chi connectivity index (χ0n) is 13.2. The number of rotatable bonds is 6. The van der Waals surface area contributed by atoms with Crippen LogP contribution in [0.5, 0.6) is 0 Å². The predicted octanol–water partition coefficient (Wildman–Crippen LogP) is 4.44. The molecule has 2 N–H and O–H groups in total. The SMILES string of the molecule is O=[N+]([O-])c1c(NCc2ccccc2Cl)ncnc1Nc1cccnc1Cl. The van der Waals surface area contributed by atoms with Gasteiger partial charge in [-0.25, -0.2) is 15.0 Å². The maximum atomic E-state index is 11.6. The minimum atomic E-state index is -0.568. The topological polar surface area (TPSA) is 106 Å². The fourth-order valence-electron chi connectivity index (χ4n) is 2.20. The first-order chi connectivity index (χ1) is 12.6. The molecule has 2 aromatic heterocycles. The monoisotopic (exact) mass is 390 g/mol. The van der Waals surface area contributed by atoms with Gasteiger partial charge in [-0.1, -0.05) is 41.4 Å². The van der Waals surface area contributed by atoms with Gasteiger partial charge in [0, 0.05) is 17.8 Å². The lowest BCUT2D eigenvalue weighted by molar-refractivity contribution is -0.383. The Morgan fingerprint density at radius 1 is 1.04 bits per heavy atom. The van der Waals surface area contributed by atoms with Gasteiger partial charge in [0.15, 0.2) is 5.15 Å². The average molecular weight is 391 g/mol. The Kier molecular flexibility index (Phi) is 5.45. The minimum absolute atomic E-state index is 0.00144. The first kappa shape index (κ1) is 17.8. The van der Waals surface area contributed by atoms with Crippen molar-refractivity contribution in [2.24, 2.45) is 0 Å². The van der Waals surface area contributed by atoms with Crippen LogP contribution in [0.15, 0.2) is 48.9 Å². The van der Waals surface area contributed by atoms with Crippen molar-refractivity contribution in [2.75, 3.05) is 10.6 Å². The van der Waals surface area contributed by atoms with E-state index in [1.165, 1.54) is 12.5 Å². The molecule has 0 spiro atoms. The number of benzene rings is 1. The summed E-state index contributed by atoms with van der Waals surface area (Å²) >= 11 is 12.1. The van der Waals surface area contributed by atoms with E-state index in [4.69, 9.17) is 23.2 Å². The third-order valence-corrected chi connectivity index (χ3v) is 4.09. The smallest absolute Gasteiger partial charge is 0.353 e. The molecular formula is C16H12Cl2N6O2. The lowest BCUT2D eigenvalue weighted by atomic mass is 10.2. The van der Waals surface area contributed by atoms with Gasteiger partial charge in [0.1, 0.15) is 6.33 Å². The number of nitrogens with zero attached hydrogens (tertiary/aromatic N) is 4. The van der Waals surface area contributed by atoms with Crippen LogP contribution in [0.4, 0.5) is 23.0 Å². The molecule has 0 atom stereocenters. The summed E-state index contributed by atoms with van der Waals surface area (Å²) in [5, 5.41) is 18.0. The van der Waals surface area contributed by atoms with Crippen LogP contribution in [0.25, 0.3) is 0 Å². The molecule has 0 radical (unpaired) electrons. The number of hydrogen-bond acceptors (Lipinski definition) is 7. The zero-order chi connectivity index (χ0) is 18.5. The summed E-state index contributed by atoms with van der Waals surface area (Å²) < 4.78 is 0. The Morgan fingerprint density at radius 3 is 2.54 bits per heavy atom. The summed E-state index contributed by atoms with van der Waals surface area (Å²) in [6.45, 7) is 0.268. The van der Waals surface area contributed by atoms with Crippen molar-refractivity contribution in [1.82, 2.24) is 15.0 Å². The summed E-state index contributed by atoms with van der Waals surface area (Å²) in [7, 11) is 0. The molecule has 1 aromatic carbocycles. The van der Waals surface area contributed by atoms with Gasteiger partial charge in [-0.15, -0.1) is 0 Å². The molecule has 0 saturated heterocycles. The van der Waals surface area contributed by atoms with E-state index in [1.807, 2.05) is 12.1 Å². The largest absolute Gasteiger partial charge is 0.360 e. The van der Waals surface area contributed by atoms with Crippen molar-refractivity contribution in [1.29, 1.82) is 0 Å². The molecule has 2 heterocycles. The van der Waals surface area contributed by atoms with Crippen LogP contribution in [0.1, 0.15) is 5.56 Å². The van der Waals surface area contributed by atoms with E-state index >= 15 is 0 Å². The van der Waals surface area contributed by atoms with Gasteiger partial charge in [0.05, 0.1) is 10.6 Å². The lowest BCUT2D eigenvalue weighted by Crippen LogP contribution is -2.08. The van der Waals surface area contributed by atoms with Gasteiger partial charge in [-0.3, -0.25) is 10.1 Å². The third-order valence-electron chi connectivity index (χ3n) is 3.42. The molecule has 0 aliphatic rings. The number of pyridine rings is 1. The van der Waals surface area contributed by atoms with Crippen molar-refractivity contribution in [3.8, 4) is 0 Å². The van der Waals surface area contributed by atoms with Crippen LogP contribution in [-0.4, -0.2) is 19.9 Å². The molecule has 0 amide bonds. The maximum Gasteiger partial charge on any atom is 0.353 e. The number of halogens is 2. The van der Waals surface area contributed by atoms with Crippen molar-refractivity contribution in [2.45, 2.75) is 6.54 Å². The summed E-state index contributed by atoms with van der Waals surface area (Å²) in [5.41, 5.74) is 0.874. The maximum absolute atomic E-state index is 11.6. The Balaban J connectivity index is 1.90. The Labute approximate surface area is 158 Å². The third kappa shape index (κ3) is 3.98. The Hall–Kier alpha value is -2.97. The molecule has 3 aromatic rings. The Bertz CT molecular complexity index is 954. The standard InChI is InChI=1S/C16H12Cl2N6O2/c17-11-5-2-1-4-10(11)8-20-15-13(24(25)26)16(22-9-21-15)23-12-6-3-7-19-14(12)18/h1-7,9H,8H2,(H2,20,21,22,23). The van der Waals surface area contributed by atoms with Crippen LogP contribution in [-0.2, 0) is 6.54 Å². The number of nitro groups is 1. The van der Waals surface area contributed by atoms with E-state index < -0.39 is 4.92 Å². The molecule has 0 aliphatic carbocycles. The number of hydrogen-bond donors (Lipinski definition) is 2. The highest BCUT2D eigenvalue weighted by Crippen LogP contribution is 2.33. The van der Waals surface area contributed by atoms with Crippen LogP contribution in [0.2, 0.25) is 10.2 Å². The number of anilines is 3. The molecule has 0 aliphatic heterocycles. The van der Waals surface area contributed by atoms with E-state index in [0.717, 1.165) is 5.56 Å². The molecule has 0 unspecified atom stereocenters. The fraction of sp³-hybridized carbons (Fsp3) is 0.0625. The van der Waals surface area contributed by atoms with Gasteiger partial charge in [-0.2, -0.15) is 0 Å². The van der Waals surface area contributed by atoms with Crippen LogP contribution in [0, 0.1) is 10.1 Å². The van der Waals surface area contributed by atoms with Gasteiger partial charge >= 0.3 is 5.69 Å². The van der Waals surface area contributed by atoms with E-state index in [9.17, 15) is 10.1 Å². The second-order valence-corrected chi connectivity index (χ2v) is 5.85. The summed E-state index contributed by atoms with van der Waals surface area (Å²) in [6.07, 6.45) is 2.73. The molecule has 0 fully saturated rings. The van der Waals surface area contributed by atoms with E-state index in [2.05, 4.69) is 25.6 Å². The fourth-order valence-corrected chi connectivity index (χ4v) is 2.57. The molecule has 0 bridgehead atoms. The molecule has 10 heteroatoms. The van der Waals surface area contributed by atoms with E-state index in [-0.39, 0.29) is 29.0 Å². The lowest BCUT2D eigenvalue weighted by Gasteiger charge is -2.11. The van der Waals surface area contributed by atoms with Gasteiger partial charge in [0.25, 0.3) is 0 Å². The van der Waals surface area contributed by atoms with E-state index in [1.54, 1.807) is 24.3 Å². The number of nitrogens with one attached hydrogen (secondary N) is 2. The highest BCUT2D eigenvalue weighted by molar-refractivity contribution is 6.32. The van der Waals surface area contributed by atoms with Crippen LogP contribution in [0.3, 0.4) is 0 Å². The first-order valence-corrected chi connectivity index (χ1v) is 8.16. The van der Waals surface area contributed by atoms with Crippen LogP contribution >= 0.6 is 23.2 Å². The summed E-state index contributed by atoms with van der Waals surface area (Å²) in [5.74, 6) is 0.0639. The second-order valence-electron chi connectivity index (χ2n) is 5.09. The Morgan fingerprint density at radius 2 is 1.81 bits per heavy atom. The van der Waals surface area contributed by atoms with Crippen molar-refractivity contribution >= 4 is 46.2 Å². The number of aromatic nitrogens is 3. The van der Waals surface area contributed by atoms with E-state index in [0.29, 0.717) is 10.7 Å². The van der Waals surface area contributed by atoms with Gasteiger partial charge in [-0.05, 0) is 23.8 Å². The normalized spacial score (nSPS) is 10.4. The average Bonchev–Trinajstić information content (AvgIpc) is 2.63. The molecular weight excluding hydrogens is 379 g/mol. The van der Waals surface area contributed by atoms with Crippen LogP contribution < -0.4 is 10.6 Å². The highest BCUT2D eigenvalue weighted by atomic mass is 35.5. The summed E-state index contributed by atoms with van der Waals surface area (Å²) in [4.78, 5) is 22.8. The van der Waals surface area contributed by atoms with Crippen molar-refractivity contribution in [3.63, 3.8) is 0 Å². The molecule has 26 heavy (non-hydrogen) atoms. The zero-order valence-corrected chi connectivity index (χ0v) is 14.7. The quantitative estimate of drug-likeness (QED) is 0.363. The highest BCUT2D eigenvalue weighted by Gasteiger charge is 2.23. The molecule has 3 rings (SSSR count).